The van der Waals surface area contributed by atoms with E-state index in [-0.39, 0.29) is 6.61 Å². The highest BCUT2D eigenvalue weighted by molar-refractivity contribution is 7.80. The Kier molecular flexibility index (Phi) is 6.31. The molecule has 0 fully saturated rings. The van der Waals surface area contributed by atoms with Gasteiger partial charge in [0, 0.05) is 24.4 Å². The number of nitrogens with zero attached hydrogens (tertiary/aromatic N) is 5. The molecule has 0 bridgehead atoms. The maximum atomic E-state index is 10.3. The molecule has 24 heavy (non-hydrogen) atoms. The van der Waals surface area contributed by atoms with Crippen LogP contribution >= 0.6 is 11.5 Å². The number of hydrogen-bond donors (Lipinski definition) is 0. The summed E-state index contributed by atoms with van der Waals surface area (Å²) in [4.78, 5) is 1.92. The summed E-state index contributed by atoms with van der Waals surface area (Å²) >= 11 is 1.26. The highest BCUT2D eigenvalue weighted by Crippen LogP contribution is 2.21. The van der Waals surface area contributed by atoms with Crippen molar-refractivity contribution in [1.29, 1.82) is 0 Å². The molecular weight excluding hydrogens is 354 g/mol. The molecule has 0 aliphatic rings. The van der Waals surface area contributed by atoms with Gasteiger partial charge in [0.2, 0.25) is 16.7 Å². The minimum Gasteiger partial charge on any atom is -0.726 e. The first-order chi connectivity index (χ1) is 11.3. The van der Waals surface area contributed by atoms with E-state index in [1.807, 2.05) is 43.3 Å². The van der Waals surface area contributed by atoms with Gasteiger partial charge in [0.05, 0.1) is 13.7 Å². The van der Waals surface area contributed by atoms with Gasteiger partial charge in [-0.3, -0.25) is 4.18 Å². The fraction of sp³-hybridized carbons (Fsp3) is 0.385. The van der Waals surface area contributed by atoms with Gasteiger partial charge in [0.25, 0.3) is 0 Å². The van der Waals surface area contributed by atoms with Gasteiger partial charge in [-0.1, -0.05) is 5.11 Å². The maximum absolute atomic E-state index is 10.3. The Balaban J connectivity index is 1.87. The Morgan fingerprint density at radius 3 is 2.62 bits per heavy atom. The zero-order chi connectivity index (χ0) is 17.6. The molecule has 0 radical (unpaired) electrons. The van der Waals surface area contributed by atoms with Crippen molar-refractivity contribution in [3.63, 3.8) is 0 Å². The maximum Gasteiger partial charge on any atom is 0.378 e. The molecule has 2 aromatic rings. The van der Waals surface area contributed by atoms with Crippen LogP contribution in [0.4, 0.5) is 16.5 Å². The quantitative estimate of drug-likeness (QED) is 0.229. The molecule has 1 heterocycles. The molecule has 2 rings (SSSR count). The van der Waals surface area contributed by atoms with E-state index in [4.69, 9.17) is 0 Å². The van der Waals surface area contributed by atoms with Crippen molar-refractivity contribution in [3.05, 3.63) is 30.6 Å². The first-order valence-electron chi connectivity index (χ1n) is 6.98. The van der Waals surface area contributed by atoms with Crippen LogP contribution in [-0.2, 0) is 21.6 Å². The zero-order valence-electron chi connectivity index (χ0n) is 13.2. The highest BCUT2D eigenvalue weighted by atomic mass is 32.3. The van der Waals surface area contributed by atoms with Gasteiger partial charge in [-0.05, 0) is 35.1 Å². The number of aryl methyl sites for hydroxylation is 1. The average Bonchev–Trinajstić information content (AvgIpc) is 2.94. The average molecular weight is 371 g/mol. The van der Waals surface area contributed by atoms with E-state index in [2.05, 4.69) is 18.8 Å². The number of azo groups is 1. The summed E-state index contributed by atoms with van der Waals surface area (Å²) in [7, 11) is -0.911. The van der Waals surface area contributed by atoms with E-state index in [1.54, 1.807) is 10.9 Å². The molecule has 0 spiro atoms. The van der Waals surface area contributed by atoms with Crippen molar-refractivity contribution in [2.24, 2.45) is 17.3 Å². The van der Waals surface area contributed by atoms with Crippen LogP contribution < -0.4 is 9.47 Å². The number of aromatic nitrogens is 2. The molecule has 0 saturated heterocycles. The van der Waals surface area contributed by atoms with Gasteiger partial charge in [-0.25, -0.2) is 13.0 Å². The van der Waals surface area contributed by atoms with Crippen molar-refractivity contribution in [3.8, 4) is 0 Å². The predicted molar refractivity (Wildman–Crippen MR) is 87.4 cm³/mol. The Hall–Kier alpha value is -1.95. The van der Waals surface area contributed by atoms with Crippen LogP contribution in [0.3, 0.4) is 0 Å². The lowest BCUT2D eigenvalue weighted by Gasteiger charge is -2.19. The molecule has 0 unspecified atom stereocenters. The van der Waals surface area contributed by atoms with Gasteiger partial charge in [-0.2, -0.15) is 0 Å². The second kappa shape index (κ2) is 8.24. The SMILES string of the molecule is CN(CCCOS(=O)(=O)[O-])c1ccc(N=Nc2snc[n+]2C)cc1. The highest BCUT2D eigenvalue weighted by Gasteiger charge is 2.07. The van der Waals surface area contributed by atoms with Crippen LogP contribution in [0.25, 0.3) is 0 Å². The molecule has 0 aliphatic carbocycles. The minimum absolute atomic E-state index is 0.131. The second-order valence-electron chi connectivity index (χ2n) is 4.93. The van der Waals surface area contributed by atoms with Crippen molar-refractivity contribution in [2.75, 3.05) is 25.1 Å². The number of anilines is 1. The molecule has 0 N–H and O–H groups in total. The third kappa shape index (κ3) is 5.92. The van der Waals surface area contributed by atoms with Crippen LogP contribution in [0.1, 0.15) is 6.42 Å². The lowest BCUT2D eigenvalue weighted by molar-refractivity contribution is -0.656. The first-order valence-corrected chi connectivity index (χ1v) is 9.09. The smallest absolute Gasteiger partial charge is 0.378 e. The Bertz CT molecular complexity index is 789. The van der Waals surface area contributed by atoms with Gasteiger partial charge in [0.15, 0.2) is 0 Å². The van der Waals surface area contributed by atoms with E-state index < -0.39 is 10.4 Å². The third-order valence-electron chi connectivity index (χ3n) is 3.06. The fourth-order valence-electron chi connectivity index (χ4n) is 1.81. The molecule has 130 valence electrons. The summed E-state index contributed by atoms with van der Waals surface area (Å²) < 4.78 is 41.0. The molecular formula is C13H17N5O4S2. The Morgan fingerprint density at radius 1 is 1.33 bits per heavy atom. The third-order valence-corrected chi connectivity index (χ3v) is 4.25. The predicted octanol–water partition coefficient (Wildman–Crippen LogP) is 1.69. The van der Waals surface area contributed by atoms with E-state index in [9.17, 15) is 13.0 Å². The summed E-state index contributed by atoms with van der Waals surface area (Å²) in [6.07, 6.45) is 2.08. The summed E-state index contributed by atoms with van der Waals surface area (Å²) in [6, 6.07) is 7.42. The van der Waals surface area contributed by atoms with Crippen LogP contribution in [0.2, 0.25) is 0 Å². The second-order valence-corrected chi connectivity index (χ2v) is 6.74. The van der Waals surface area contributed by atoms with E-state index >= 15 is 0 Å². The normalized spacial score (nSPS) is 12.0. The standard InChI is InChI=1S/C13H17N5O4S2/c1-17(8-3-9-22-24(19,20)21)12-6-4-11(5-7-12)15-16-13-18(2)10-14-23-13/h4-7,10H,3,8-9H2,1-2H3. The van der Waals surface area contributed by atoms with E-state index in [1.165, 1.54) is 11.5 Å². The molecule has 0 amide bonds. The van der Waals surface area contributed by atoms with Crippen LogP contribution in [-0.4, -0.2) is 37.5 Å². The lowest BCUT2D eigenvalue weighted by Crippen LogP contribution is -2.23. The van der Waals surface area contributed by atoms with Crippen molar-refractivity contribution in [2.45, 2.75) is 6.42 Å². The van der Waals surface area contributed by atoms with Gasteiger partial charge in [0.1, 0.15) is 17.2 Å². The summed E-state index contributed by atoms with van der Waals surface area (Å²) in [6.45, 7) is 0.418. The van der Waals surface area contributed by atoms with Crippen LogP contribution in [0.15, 0.2) is 40.8 Å². The monoisotopic (exact) mass is 371 g/mol. The topological polar surface area (TPSA) is 111 Å². The summed E-state index contributed by atoms with van der Waals surface area (Å²) in [5.74, 6) is 0. The van der Waals surface area contributed by atoms with Gasteiger partial charge < -0.3 is 9.45 Å². The zero-order valence-corrected chi connectivity index (χ0v) is 14.8. The fourth-order valence-corrected chi connectivity index (χ4v) is 2.67. The number of rotatable bonds is 8. The van der Waals surface area contributed by atoms with Crippen molar-refractivity contribution in [1.82, 2.24) is 4.37 Å². The molecule has 0 atom stereocenters. The largest absolute Gasteiger partial charge is 0.726 e. The van der Waals surface area contributed by atoms with Crippen LogP contribution in [0.5, 0.6) is 0 Å². The molecule has 11 heteroatoms. The molecule has 0 saturated carbocycles. The van der Waals surface area contributed by atoms with Crippen molar-refractivity contribution >= 4 is 38.4 Å². The Morgan fingerprint density at radius 2 is 2.04 bits per heavy atom. The summed E-state index contributed by atoms with van der Waals surface area (Å²) in [5, 5.41) is 8.97. The van der Waals surface area contributed by atoms with Gasteiger partial charge >= 0.3 is 5.13 Å². The van der Waals surface area contributed by atoms with E-state index in [0.717, 1.165) is 5.69 Å². The van der Waals surface area contributed by atoms with E-state index in [0.29, 0.717) is 23.8 Å². The summed E-state index contributed by atoms with van der Waals surface area (Å²) in [5.41, 5.74) is 1.64. The Labute approximate surface area is 144 Å². The molecule has 1 aromatic carbocycles. The number of hydrogen-bond acceptors (Lipinski definition) is 9. The molecule has 0 aliphatic heterocycles. The molecule has 1 aromatic heterocycles. The van der Waals surface area contributed by atoms with Gasteiger partial charge in [-0.15, -0.1) is 0 Å². The lowest BCUT2D eigenvalue weighted by atomic mass is 10.2. The number of benzene rings is 1. The molecule has 9 nitrogen and oxygen atoms in total. The van der Waals surface area contributed by atoms with Crippen molar-refractivity contribution < 1.29 is 21.7 Å². The minimum atomic E-state index is -4.62. The van der Waals surface area contributed by atoms with Crippen LogP contribution in [0, 0.1) is 0 Å². The first kappa shape index (κ1) is 18.4.